The van der Waals surface area contributed by atoms with Crippen molar-refractivity contribution in [3.8, 4) is 0 Å². The minimum absolute atomic E-state index is 0.128. The quantitative estimate of drug-likeness (QED) is 0.748. The molecule has 2 heterocycles. The van der Waals surface area contributed by atoms with Crippen molar-refractivity contribution in [2.45, 2.75) is 20.4 Å². The number of nitrogens with zero attached hydrogens (tertiary/aromatic N) is 4. The van der Waals surface area contributed by atoms with Gasteiger partial charge in [-0.25, -0.2) is 9.97 Å². The van der Waals surface area contributed by atoms with Crippen molar-refractivity contribution in [3.63, 3.8) is 0 Å². The van der Waals surface area contributed by atoms with Crippen molar-refractivity contribution in [1.82, 2.24) is 19.5 Å². The normalized spacial score (nSPS) is 10.9. The fraction of sp³-hybridized carbons (Fsp3) is 0.462. The summed E-state index contributed by atoms with van der Waals surface area (Å²) in [6.07, 6.45) is 3.12. The molecule has 22 heavy (non-hydrogen) atoms. The van der Waals surface area contributed by atoms with Crippen molar-refractivity contribution < 1.29 is 19.1 Å². The molecule has 0 saturated heterocycles. The third-order valence-corrected chi connectivity index (χ3v) is 2.88. The molecule has 9 nitrogen and oxygen atoms in total. The molecule has 0 atom stereocenters. The number of hydrogen-bond donors (Lipinski definition) is 1. The van der Waals surface area contributed by atoms with E-state index in [4.69, 9.17) is 15.2 Å². The summed E-state index contributed by atoms with van der Waals surface area (Å²) in [4.78, 5) is 34.1. The van der Waals surface area contributed by atoms with E-state index in [0.29, 0.717) is 17.7 Å². The summed E-state index contributed by atoms with van der Waals surface area (Å²) in [6, 6.07) is 0. The second-order valence-electron chi connectivity index (χ2n) is 4.81. The number of carbonyl (C=O) groups excluding carboxylic acids is 2. The Balaban J connectivity index is 2.14. The smallest absolute Gasteiger partial charge is 0.302 e. The highest BCUT2D eigenvalue weighted by atomic mass is 16.5. The maximum Gasteiger partial charge on any atom is 0.302 e. The molecule has 0 amide bonds. The fourth-order valence-corrected chi connectivity index (χ4v) is 1.90. The Bertz CT molecular complexity index is 666. The first kappa shape index (κ1) is 15.7. The third kappa shape index (κ3) is 4.14. The van der Waals surface area contributed by atoms with Gasteiger partial charge in [0, 0.05) is 26.3 Å². The number of anilines is 1. The van der Waals surface area contributed by atoms with Crippen molar-refractivity contribution in [2.24, 2.45) is 5.92 Å². The van der Waals surface area contributed by atoms with Crippen LogP contribution in [-0.2, 0) is 25.6 Å². The zero-order chi connectivity index (χ0) is 16.1. The molecule has 0 aromatic carbocycles. The molecule has 2 aromatic rings. The standard InChI is InChI=1S/C13H17N5O4/c1-8(19)21-5-10(6-22-9(2)20)4-18-7-16-11-3-15-13(14)17-12(11)18/h3,7,10H,4-6H2,1-2H3,(H2,14,15,17). The number of ether oxygens (including phenoxy) is 2. The van der Waals surface area contributed by atoms with E-state index in [1.54, 1.807) is 10.9 Å². The van der Waals surface area contributed by atoms with E-state index in [9.17, 15) is 9.59 Å². The molecular weight excluding hydrogens is 290 g/mol. The van der Waals surface area contributed by atoms with Gasteiger partial charge >= 0.3 is 11.9 Å². The summed E-state index contributed by atoms with van der Waals surface area (Å²) in [5.41, 5.74) is 6.75. The summed E-state index contributed by atoms with van der Waals surface area (Å²) in [5, 5.41) is 0. The Morgan fingerprint density at radius 2 is 1.86 bits per heavy atom. The third-order valence-electron chi connectivity index (χ3n) is 2.88. The van der Waals surface area contributed by atoms with Gasteiger partial charge in [-0.05, 0) is 0 Å². The van der Waals surface area contributed by atoms with Gasteiger partial charge in [0.2, 0.25) is 5.95 Å². The number of carbonyl (C=O) groups is 2. The molecule has 2 rings (SSSR count). The number of aromatic nitrogens is 4. The number of nitrogens with two attached hydrogens (primary N) is 1. The highest BCUT2D eigenvalue weighted by molar-refractivity contribution is 5.70. The lowest BCUT2D eigenvalue weighted by molar-refractivity contribution is -0.146. The van der Waals surface area contributed by atoms with Crippen LogP contribution in [0.25, 0.3) is 11.2 Å². The molecule has 0 bridgehead atoms. The molecule has 0 aliphatic rings. The number of rotatable bonds is 6. The van der Waals surface area contributed by atoms with Gasteiger partial charge in [0.05, 0.1) is 25.7 Å². The molecule has 2 N–H and O–H groups in total. The second-order valence-corrected chi connectivity index (χ2v) is 4.81. The van der Waals surface area contributed by atoms with Crippen molar-refractivity contribution in [2.75, 3.05) is 18.9 Å². The van der Waals surface area contributed by atoms with Gasteiger partial charge in [0.25, 0.3) is 0 Å². The highest BCUT2D eigenvalue weighted by Gasteiger charge is 2.16. The molecule has 118 valence electrons. The first-order valence-corrected chi connectivity index (χ1v) is 6.65. The number of fused-ring (bicyclic) bond motifs is 1. The number of imidazole rings is 1. The van der Waals surface area contributed by atoms with Crippen LogP contribution in [0.1, 0.15) is 13.8 Å². The molecule has 0 aliphatic carbocycles. The summed E-state index contributed by atoms with van der Waals surface area (Å²) < 4.78 is 11.8. The van der Waals surface area contributed by atoms with Crippen molar-refractivity contribution in [1.29, 1.82) is 0 Å². The van der Waals surface area contributed by atoms with Crippen LogP contribution in [0.15, 0.2) is 12.5 Å². The first-order chi connectivity index (χ1) is 10.5. The Labute approximate surface area is 126 Å². The molecule has 0 fully saturated rings. The van der Waals surface area contributed by atoms with Crippen molar-refractivity contribution in [3.05, 3.63) is 12.5 Å². The minimum atomic E-state index is -0.394. The maximum absolute atomic E-state index is 11.0. The fourth-order valence-electron chi connectivity index (χ4n) is 1.90. The summed E-state index contributed by atoms with van der Waals surface area (Å²) >= 11 is 0. The molecule has 0 spiro atoms. The van der Waals surface area contributed by atoms with Gasteiger partial charge in [-0.3, -0.25) is 9.59 Å². The summed E-state index contributed by atoms with van der Waals surface area (Å²) in [5.74, 6) is -0.864. The summed E-state index contributed by atoms with van der Waals surface area (Å²) in [7, 11) is 0. The lowest BCUT2D eigenvalue weighted by atomic mass is 10.2. The zero-order valence-corrected chi connectivity index (χ0v) is 12.4. The lowest BCUT2D eigenvalue weighted by Gasteiger charge is -2.17. The molecule has 9 heteroatoms. The van der Waals surface area contributed by atoms with E-state index >= 15 is 0 Å². The van der Waals surface area contributed by atoms with Crippen LogP contribution in [-0.4, -0.2) is 44.7 Å². The predicted octanol–water partition coefficient (Wildman–Crippen LogP) is 0.151. The van der Waals surface area contributed by atoms with E-state index in [0.717, 1.165) is 0 Å². The minimum Gasteiger partial charge on any atom is -0.465 e. The van der Waals surface area contributed by atoms with E-state index in [1.165, 1.54) is 20.0 Å². The van der Waals surface area contributed by atoms with Gasteiger partial charge in [0.1, 0.15) is 5.52 Å². The largest absolute Gasteiger partial charge is 0.465 e. The van der Waals surface area contributed by atoms with E-state index < -0.39 is 11.9 Å². The van der Waals surface area contributed by atoms with Crippen LogP contribution >= 0.6 is 0 Å². The Hall–Kier alpha value is -2.71. The molecule has 0 saturated carbocycles. The highest BCUT2D eigenvalue weighted by Crippen LogP contribution is 2.13. The van der Waals surface area contributed by atoms with Crippen LogP contribution in [0.2, 0.25) is 0 Å². The van der Waals surface area contributed by atoms with Crippen LogP contribution in [0.5, 0.6) is 0 Å². The number of hydrogen-bond acceptors (Lipinski definition) is 8. The second kappa shape index (κ2) is 6.83. The van der Waals surface area contributed by atoms with Gasteiger partial charge in [-0.2, -0.15) is 4.98 Å². The molecule has 2 aromatic heterocycles. The van der Waals surface area contributed by atoms with Crippen LogP contribution in [0, 0.1) is 5.92 Å². The SMILES string of the molecule is CC(=O)OCC(COC(C)=O)Cn1cnc2cnc(N)nc21. The van der Waals surface area contributed by atoms with Crippen LogP contribution < -0.4 is 5.73 Å². The van der Waals surface area contributed by atoms with Gasteiger partial charge in [-0.15, -0.1) is 0 Å². The first-order valence-electron chi connectivity index (χ1n) is 6.65. The van der Waals surface area contributed by atoms with Gasteiger partial charge < -0.3 is 19.8 Å². The molecule has 0 aliphatic heterocycles. The zero-order valence-electron chi connectivity index (χ0n) is 12.4. The average molecular weight is 307 g/mol. The molecular formula is C13H17N5O4. The van der Waals surface area contributed by atoms with Gasteiger partial charge in [0.15, 0.2) is 5.65 Å². The van der Waals surface area contributed by atoms with Gasteiger partial charge in [-0.1, -0.05) is 0 Å². The Morgan fingerprint density at radius 1 is 1.23 bits per heavy atom. The van der Waals surface area contributed by atoms with E-state index in [1.807, 2.05) is 0 Å². The Kier molecular flexibility index (Phi) is 4.87. The number of esters is 2. The van der Waals surface area contributed by atoms with Crippen LogP contribution in [0.3, 0.4) is 0 Å². The molecule has 0 radical (unpaired) electrons. The average Bonchev–Trinajstić information content (AvgIpc) is 2.83. The topological polar surface area (TPSA) is 122 Å². The maximum atomic E-state index is 11.0. The van der Waals surface area contributed by atoms with Crippen molar-refractivity contribution >= 4 is 29.1 Å². The summed E-state index contributed by atoms with van der Waals surface area (Å²) in [6.45, 7) is 3.31. The van der Waals surface area contributed by atoms with Crippen LogP contribution in [0.4, 0.5) is 5.95 Å². The van der Waals surface area contributed by atoms with E-state index in [-0.39, 0.29) is 25.1 Å². The van der Waals surface area contributed by atoms with E-state index in [2.05, 4.69) is 15.0 Å². The Morgan fingerprint density at radius 3 is 2.45 bits per heavy atom. The lowest BCUT2D eigenvalue weighted by Crippen LogP contribution is -2.24. The number of nitrogen functional groups attached to an aromatic ring is 1. The molecule has 0 unspecified atom stereocenters. The monoisotopic (exact) mass is 307 g/mol. The predicted molar refractivity (Wildman–Crippen MR) is 76.5 cm³/mol.